The lowest BCUT2D eigenvalue weighted by atomic mass is 9.93. The second-order valence-electron chi connectivity index (χ2n) is 4.49. The highest BCUT2D eigenvalue weighted by atomic mass is 16.5. The molecule has 0 saturated heterocycles. The van der Waals surface area contributed by atoms with Crippen LogP contribution in [0.3, 0.4) is 0 Å². The second kappa shape index (κ2) is 5.23. The van der Waals surface area contributed by atoms with Crippen molar-refractivity contribution in [3.05, 3.63) is 35.4 Å². The third-order valence-electron chi connectivity index (χ3n) is 3.16. The van der Waals surface area contributed by atoms with Crippen LogP contribution in [0, 0.1) is 0 Å². The molecule has 4 heteroatoms. The molecule has 1 aliphatic heterocycles. The molecule has 0 amide bonds. The fraction of sp³-hybridized carbons (Fsp3) is 0.357. The van der Waals surface area contributed by atoms with Gasteiger partial charge in [0.15, 0.2) is 0 Å². The largest absolute Gasteiger partial charge is 0.508 e. The Labute approximate surface area is 106 Å². The van der Waals surface area contributed by atoms with E-state index in [4.69, 9.17) is 4.74 Å². The lowest BCUT2D eigenvalue weighted by Crippen LogP contribution is -2.31. The van der Waals surface area contributed by atoms with Gasteiger partial charge in [0.05, 0.1) is 12.7 Å². The molecule has 0 aliphatic carbocycles. The predicted octanol–water partition coefficient (Wildman–Crippen LogP) is 1.65. The summed E-state index contributed by atoms with van der Waals surface area (Å²) in [4.78, 5) is 13.9. The monoisotopic (exact) mass is 247 g/mol. The van der Waals surface area contributed by atoms with E-state index in [1.165, 1.54) is 7.11 Å². The van der Waals surface area contributed by atoms with E-state index in [9.17, 15) is 9.90 Å². The van der Waals surface area contributed by atoms with E-state index in [-0.39, 0.29) is 11.7 Å². The summed E-state index contributed by atoms with van der Waals surface area (Å²) in [5.74, 6) is -0.0805. The van der Waals surface area contributed by atoms with Crippen LogP contribution in [0.2, 0.25) is 0 Å². The number of rotatable bonds is 2. The maximum atomic E-state index is 11.8. The quantitative estimate of drug-likeness (QED) is 0.807. The van der Waals surface area contributed by atoms with Gasteiger partial charge in [-0.05, 0) is 36.7 Å². The minimum atomic E-state index is -0.292. The summed E-state index contributed by atoms with van der Waals surface area (Å²) < 4.78 is 4.83. The van der Waals surface area contributed by atoms with E-state index in [0.717, 1.165) is 24.1 Å². The molecule has 0 atom stereocenters. The first-order valence-corrected chi connectivity index (χ1v) is 5.90. The van der Waals surface area contributed by atoms with Crippen LogP contribution >= 0.6 is 0 Å². The number of likely N-dealkylation sites (N-methyl/N-ethyl adjacent to an activating group) is 1. The predicted molar refractivity (Wildman–Crippen MR) is 69.2 cm³/mol. The van der Waals surface area contributed by atoms with Crippen LogP contribution in [0.1, 0.15) is 12.0 Å². The summed E-state index contributed by atoms with van der Waals surface area (Å²) in [6, 6.07) is 6.99. The Bertz CT molecular complexity index is 494. The van der Waals surface area contributed by atoms with Crippen LogP contribution < -0.4 is 0 Å². The number of hydrogen-bond donors (Lipinski definition) is 1. The summed E-state index contributed by atoms with van der Waals surface area (Å²) in [7, 11) is 3.37. The number of aromatic hydroxyl groups is 1. The Kier molecular flexibility index (Phi) is 3.67. The standard InChI is InChI=1S/C14H17NO3/c1-15-7-6-12(13(9-15)14(17)18-2)10-4-3-5-11(16)8-10/h3-5,8,16H,6-7,9H2,1-2H3. The zero-order chi connectivity index (χ0) is 13.1. The smallest absolute Gasteiger partial charge is 0.335 e. The molecule has 0 unspecified atom stereocenters. The molecule has 1 heterocycles. The Morgan fingerprint density at radius 3 is 2.89 bits per heavy atom. The van der Waals surface area contributed by atoms with E-state index in [1.54, 1.807) is 18.2 Å². The number of benzene rings is 1. The van der Waals surface area contributed by atoms with E-state index < -0.39 is 0 Å². The fourth-order valence-electron chi connectivity index (χ4n) is 2.22. The molecule has 1 aliphatic rings. The first-order valence-electron chi connectivity index (χ1n) is 5.90. The van der Waals surface area contributed by atoms with Crippen LogP contribution in [0.25, 0.3) is 5.57 Å². The van der Waals surface area contributed by atoms with Gasteiger partial charge in [0, 0.05) is 13.1 Å². The molecule has 0 radical (unpaired) electrons. The van der Waals surface area contributed by atoms with Crippen molar-refractivity contribution in [2.75, 3.05) is 27.2 Å². The third-order valence-corrected chi connectivity index (χ3v) is 3.16. The number of esters is 1. The molecule has 0 fully saturated rings. The average molecular weight is 247 g/mol. The van der Waals surface area contributed by atoms with Crippen molar-refractivity contribution in [2.45, 2.75) is 6.42 Å². The normalized spacial score (nSPS) is 16.8. The summed E-state index contributed by atoms with van der Waals surface area (Å²) in [5.41, 5.74) is 2.54. The number of hydrogen-bond acceptors (Lipinski definition) is 4. The van der Waals surface area contributed by atoms with Gasteiger partial charge in [0.25, 0.3) is 0 Å². The van der Waals surface area contributed by atoms with Crippen molar-refractivity contribution in [1.82, 2.24) is 4.90 Å². The van der Waals surface area contributed by atoms with E-state index in [2.05, 4.69) is 4.90 Å². The van der Waals surface area contributed by atoms with Gasteiger partial charge >= 0.3 is 5.97 Å². The molecule has 0 saturated carbocycles. The molecule has 0 aromatic heterocycles. The number of ether oxygens (including phenoxy) is 1. The van der Waals surface area contributed by atoms with E-state index >= 15 is 0 Å². The van der Waals surface area contributed by atoms with Gasteiger partial charge in [-0.1, -0.05) is 12.1 Å². The van der Waals surface area contributed by atoms with Crippen molar-refractivity contribution >= 4 is 11.5 Å². The van der Waals surface area contributed by atoms with Crippen molar-refractivity contribution in [1.29, 1.82) is 0 Å². The molecule has 18 heavy (non-hydrogen) atoms. The molecular weight excluding hydrogens is 230 g/mol. The van der Waals surface area contributed by atoms with Gasteiger partial charge < -0.3 is 14.7 Å². The van der Waals surface area contributed by atoms with Gasteiger partial charge in [-0.25, -0.2) is 4.79 Å². The average Bonchev–Trinajstić information content (AvgIpc) is 2.37. The Hall–Kier alpha value is -1.81. The summed E-state index contributed by atoms with van der Waals surface area (Å²) in [6.07, 6.45) is 0.782. The van der Waals surface area contributed by atoms with Gasteiger partial charge in [0.2, 0.25) is 0 Å². The SMILES string of the molecule is COC(=O)C1=C(c2cccc(O)c2)CCN(C)C1. The molecule has 0 spiro atoms. The molecule has 4 nitrogen and oxygen atoms in total. The lowest BCUT2D eigenvalue weighted by molar-refractivity contribution is -0.136. The van der Waals surface area contributed by atoms with Crippen LogP contribution in [-0.2, 0) is 9.53 Å². The van der Waals surface area contributed by atoms with Gasteiger partial charge in [-0.15, -0.1) is 0 Å². The Morgan fingerprint density at radius 2 is 2.22 bits per heavy atom. The zero-order valence-corrected chi connectivity index (χ0v) is 10.6. The molecule has 1 aromatic carbocycles. The minimum Gasteiger partial charge on any atom is -0.508 e. The van der Waals surface area contributed by atoms with Crippen LogP contribution in [-0.4, -0.2) is 43.2 Å². The highest BCUT2D eigenvalue weighted by molar-refractivity contribution is 5.98. The number of methoxy groups -OCH3 is 1. The molecule has 2 rings (SSSR count). The number of carbonyl (C=O) groups is 1. The number of nitrogens with zero attached hydrogens (tertiary/aromatic N) is 1. The zero-order valence-electron chi connectivity index (χ0n) is 10.6. The highest BCUT2D eigenvalue weighted by Crippen LogP contribution is 2.29. The molecule has 0 bridgehead atoms. The molecule has 1 N–H and O–H groups in total. The lowest BCUT2D eigenvalue weighted by Gasteiger charge is -2.26. The van der Waals surface area contributed by atoms with Crippen molar-refractivity contribution in [2.24, 2.45) is 0 Å². The van der Waals surface area contributed by atoms with Gasteiger partial charge in [-0.3, -0.25) is 0 Å². The van der Waals surface area contributed by atoms with Crippen LogP contribution in [0.5, 0.6) is 5.75 Å². The Morgan fingerprint density at radius 1 is 1.44 bits per heavy atom. The van der Waals surface area contributed by atoms with Crippen molar-refractivity contribution in [3.63, 3.8) is 0 Å². The topological polar surface area (TPSA) is 49.8 Å². The molecule has 1 aromatic rings. The van der Waals surface area contributed by atoms with E-state index in [0.29, 0.717) is 12.1 Å². The summed E-state index contributed by atoms with van der Waals surface area (Å²) in [6.45, 7) is 1.48. The maximum Gasteiger partial charge on any atom is 0.335 e. The molecule has 96 valence electrons. The first kappa shape index (κ1) is 12.6. The fourth-order valence-corrected chi connectivity index (χ4v) is 2.22. The first-order chi connectivity index (χ1) is 8.61. The number of carbonyl (C=O) groups excluding carboxylic acids is 1. The second-order valence-corrected chi connectivity index (χ2v) is 4.49. The highest BCUT2D eigenvalue weighted by Gasteiger charge is 2.23. The van der Waals surface area contributed by atoms with Gasteiger partial charge in [0.1, 0.15) is 5.75 Å². The minimum absolute atomic E-state index is 0.211. The van der Waals surface area contributed by atoms with E-state index in [1.807, 2.05) is 13.1 Å². The van der Waals surface area contributed by atoms with Crippen LogP contribution in [0.4, 0.5) is 0 Å². The van der Waals surface area contributed by atoms with Crippen molar-refractivity contribution < 1.29 is 14.6 Å². The van der Waals surface area contributed by atoms with Crippen LogP contribution in [0.15, 0.2) is 29.8 Å². The maximum absolute atomic E-state index is 11.8. The number of phenolic OH excluding ortho intramolecular Hbond substituents is 1. The summed E-state index contributed by atoms with van der Waals surface area (Å²) in [5, 5.41) is 9.53. The third kappa shape index (κ3) is 2.54. The van der Waals surface area contributed by atoms with Crippen molar-refractivity contribution in [3.8, 4) is 5.75 Å². The molecular formula is C14H17NO3. The number of phenols is 1. The Balaban J connectivity index is 2.46. The van der Waals surface area contributed by atoms with Gasteiger partial charge in [-0.2, -0.15) is 0 Å². The summed E-state index contributed by atoms with van der Waals surface area (Å²) >= 11 is 0.